The van der Waals surface area contributed by atoms with Crippen LogP contribution in [-0.4, -0.2) is 30.4 Å². The van der Waals surface area contributed by atoms with Crippen LogP contribution in [0, 0.1) is 0 Å². The Morgan fingerprint density at radius 3 is 2.64 bits per heavy atom. The van der Waals surface area contributed by atoms with Gasteiger partial charge in [0.2, 0.25) is 0 Å². The summed E-state index contributed by atoms with van der Waals surface area (Å²) < 4.78 is 1.55. The fourth-order valence-electron chi connectivity index (χ4n) is 4.85. The molecule has 2 N–H and O–H groups in total. The fourth-order valence-corrected chi connectivity index (χ4v) is 4.85. The molecular weight excluding hydrogens is 488 g/mol. The second-order valence-corrected chi connectivity index (χ2v) is 9.92. The van der Waals surface area contributed by atoms with E-state index < -0.39 is 6.10 Å². The van der Waals surface area contributed by atoms with E-state index in [-0.39, 0.29) is 17.9 Å². The molecule has 0 bridgehead atoms. The van der Waals surface area contributed by atoms with E-state index in [4.69, 9.17) is 0 Å². The molecule has 2 aromatic carbocycles. The molecule has 0 aliphatic rings. The zero-order chi connectivity index (χ0) is 27.2. The van der Waals surface area contributed by atoms with Crippen molar-refractivity contribution in [3.63, 3.8) is 0 Å². The number of ketones is 1. The summed E-state index contributed by atoms with van der Waals surface area (Å²) >= 11 is 0. The monoisotopic (exact) mass is 520 g/mol. The van der Waals surface area contributed by atoms with Crippen LogP contribution in [-0.2, 0) is 30.6 Å². The van der Waals surface area contributed by atoms with Crippen molar-refractivity contribution in [3.8, 4) is 11.3 Å². The Kier molecular flexibility index (Phi) is 8.08. The Labute approximate surface area is 227 Å². The number of carbonyl (C=O) groups excluding carboxylic acids is 1. The van der Waals surface area contributed by atoms with Gasteiger partial charge >= 0.3 is 0 Å². The molecule has 5 rings (SSSR count). The summed E-state index contributed by atoms with van der Waals surface area (Å²) in [5, 5.41) is 11.1. The van der Waals surface area contributed by atoms with Crippen LogP contribution in [0.5, 0.6) is 0 Å². The number of hydrogen-bond acceptors (Lipinski definition) is 5. The van der Waals surface area contributed by atoms with Gasteiger partial charge in [-0.2, -0.15) is 0 Å². The van der Waals surface area contributed by atoms with Gasteiger partial charge in [-0.05, 0) is 61.9 Å². The van der Waals surface area contributed by atoms with Crippen LogP contribution >= 0.6 is 0 Å². The van der Waals surface area contributed by atoms with Crippen LogP contribution in [0.4, 0.5) is 0 Å². The van der Waals surface area contributed by atoms with Crippen molar-refractivity contribution in [3.05, 3.63) is 118 Å². The molecule has 3 heterocycles. The molecule has 7 nitrogen and oxygen atoms in total. The Balaban J connectivity index is 1.38. The van der Waals surface area contributed by atoms with Crippen molar-refractivity contribution >= 4 is 16.7 Å². The van der Waals surface area contributed by atoms with Crippen molar-refractivity contribution in [1.82, 2.24) is 19.5 Å². The first-order valence-corrected chi connectivity index (χ1v) is 13.3. The highest BCUT2D eigenvalue weighted by Gasteiger charge is 2.16. The number of nitrogens with zero attached hydrogens (tertiary/aromatic N) is 3. The third kappa shape index (κ3) is 6.38. The predicted octanol–water partition coefficient (Wildman–Crippen LogP) is 5.22. The third-order valence-electron chi connectivity index (χ3n) is 7.00. The fraction of sp³-hybridized carbons (Fsp3) is 0.250. The number of hydrogen-bond donors (Lipinski definition) is 2. The van der Waals surface area contributed by atoms with Crippen LogP contribution < -0.4 is 5.56 Å². The van der Waals surface area contributed by atoms with E-state index in [9.17, 15) is 14.7 Å². The van der Waals surface area contributed by atoms with Gasteiger partial charge in [-0.15, -0.1) is 0 Å². The number of rotatable bonds is 11. The van der Waals surface area contributed by atoms with Crippen LogP contribution in [0.15, 0.2) is 90.1 Å². The first-order chi connectivity index (χ1) is 19.0. The average molecular weight is 521 g/mol. The second-order valence-electron chi connectivity index (χ2n) is 9.92. The molecule has 39 heavy (non-hydrogen) atoms. The molecule has 0 amide bonds. The van der Waals surface area contributed by atoms with E-state index in [1.807, 2.05) is 54.6 Å². The van der Waals surface area contributed by atoms with Gasteiger partial charge in [-0.25, -0.2) is 0 Å². The van der Waals surface area contributed by atoms with Gasteiger partial charge in [0.25, 0.3) is 5.56 Å². The number of carbonyl (C=O) groups is 1. The van der Waals surface area contributed by atoms with E-state index in [2.05, 4.69) is 27.1 Å². The Morgan fingerprint density at radius 1 is 1.00 bits per heavy atom. The molecule has 3 aromatic heterocycles. The minimum atomic E-state index is -0.650. The number of fused-ring (bicyclic) bond motifs is 1. The molecule has 5 aromatic rings. The molecule has 0 aliphatic carbocycles. The first-order valence-electron chi connectivity index (χ1n) is 13.3. The maximum Gasteiger partial charge on any atom is 0.273 e. The molecule has 1 atom stereocenters. The Morgan fingerprint density at radius 2 is 1.85 bits per heavy atom. The maximum atomic E-state index is 13.6. The minimum absolute atomic E-state index is 0.0386. The van der Waals surface area contributed by atoms with E-state index in [0.29, 0.717) is 30.7 Å². The SMILES string of the molecule is CC(O)c1cccc(-c2cnc(CCCc3ccccc3)c(=O)n2CC(=O)CCc2cc3cnccc3[nH]2)c1. The standard InChI is InChI=1S/C32H32N4O3/c1-22(37)24-10-6-11-25(17-24)31-20-34-30(12-5-9-23-7-3-2-4-8-23)32(39)36(31)21-28(38)14-13-27-18-26-19-33-16-15-29(26)35-27/h2-4,6-8,10-11,15-20,22,35,37H,5,9,12-14,21H2,1H3. The second kappa shape index (κ2) is 12.0. The molecule has 0 aliphatic heterocycles. The van der Waals surface area contributed by atoms with Crippen molar-refractivity contribution < 1.29 is 9.90 Å². The lowest BCUT2D eigenvalue weighted by atomic mass is 10.0. The van der Waals surface area contributed by atoms with Crippen molar-refractivity contribution in [1.29, 1.82) is 0 Å². The molecule has 0 radical (unpaired) electrons. The van der Waals surface area contributed by atoms with Gasteiger partial charge < -0.3 is 10.1 Å². The summed E-state index contributed by atoms with van der Waals surface area (Å²) in [6.07, 6.45) is 7.55. The number of aliphatic hydroxyl groups excluding tert-OH is 1. The van der Waals surface area contributed by atoms with Crippen LogP contribution in [0.25, 0.3) is 22.2 Å². The third-order valence-corrected chi connectivity index (χ3v) is 7.00. The van der Waals surface area contributed by atoms with Gasteiger partial charge in [-0.3, -0.25) is 24.1 Å². The predicted molar refractivity (Wildman–Crippen MR) is 152 cm³/mol. The van der Waals surface area contributed by atoms with E-state index in [1.165, 1.54) is 5.56 Å². The molecule has 7 heteroatoms. The van der Waals surface area contributed by atoms with E-state index in [0.717, 1.165) is 40.6 Å². The number of aryl methyl sites for hydroxylation is 3. The average Bonchev–Trinajstić information content (AvgIpc) is 3.38. The summed E-state index contributed by atoms with van der Waals surface area (Å²) in [5.74, 6) is -0.0387. The summed E-state index contributed by atoms with van der Waals surface area (Å²) in [6.45, 7) is 1.66. The summed E-state index contributed by atoms with van der Waals surface area (Å²) in [5.41, 5.74) is 5.41. The molecular formula is C32H32N4O3. The molecule has 1 unspecified atom stereocenters. The Bertz CT molecular complexity index is 1600. The lowest BCUT2D eigenvalue weighted by Crippen LogP contribution is -2.30. The molecule has 198 valence electrons. The number of Topliss-reactive ketones (excluding diaryl/α,β-unsaturated/α-hetero) is 1. The van der Waals surface area contributed by atoms with Crippen LogP contribution in [0.2, 0.25) is 0 Å². The number of benzene rings is 2. The summed E-state index contributed by atoms with van der Waals surface area (Å²) in [4.78, 5) is 38.8. The number of aromatic amines is 1. The Hall–Kier alpha value is -4.36. The largest absolute Gasteiger partial charge is 0.389 e. The minimum Gasteiger partial charge on any atom is -0.389 e. The van der Waals surface area contributed by atoms with Gasteiger partial charge in [0, 0.05) is 41.0 Å². The smallest absolute Gasteiger partial charge is 0.273 e. The molecule has 0 saturated heterocycles. The molecule has 0 spiro atoms. The lowest BCUT2D eigenvalue weighted by Gasteiger charge is -2.15. The van der Waals surface area contributed by atoms with Crippen LogP contribution in [0.3, 0.4) is 0 Å². The first kappa shape index (κ1) is 26.3. The van der Waals surface area contributed by atoms with Gasteiger partial charge in [0.05, 0.1) is 24.5 Å². The van der Waals surface area contributed by atoms with Crippen molar-refractivity contribution in [2.24, 2.45) is 0 Å². The molecule has 0 saturated carbocycles. The van der Waals surface area contributed by atoms with Gasteiger partial charge in [-0.1, -0.05) is 48.5 Å². The zero-order valence-electron chi connectivity index (χ0n) is 22.0. The number of H-pyrrole nitrogens is 1. The van der Waals surface area contributed by atoms with Crippen LogP contribution in [0.1, 0.15) is 48.4 Å². The van der Waals surface area contributed by atoms with Crippen molar-refractivity contribution in [2.45, 2.75) is 51.7 Å². The highest BCUT2D eigenvalue weighted by atomic mass is 16.3. The number of aromatic nitrogens is 4. The number of aliphatic hydroxyl groups is 1. The zero-order valence-corrected chi connectivity index (χ0v) is 22.0. The normalized spacial score (nSPS) is 12.1. The lowest BCUT2D eigenvalue weighted by molar-refractivity contribution is -0.119. The number of nitrogens with one attached hydrogen (secondary N) is 1. The van der Waals surface area contributed by atoms with Crippen molar-refractivity contribution in [2.75, 3.05) is 0 Å². The quantitative estimate of drug-likeness (QED) is 0.249. The van der Waals surface area contributed by atoms with Gasteiger partial charge in [0.1, 0.15) is 5.69 Å². The van der Waals surface area contributed by atoms with E-state index in [1.54, 1.807) is 30.1 Å². The topological polar surface area (TPSA) is 101 Å². The van der Waals surface area contributed by atoms with Gasteiger partial charge in [0.15, 0.2) is 5.78 Å². The maximum absolute atomic E-state index is 13.6. The highest BCUT2D eigenvalue weighted by Crippen LogP contribution is 2.23. The summed E-state index contributed by atoms with van der Waals surface area (Å²) in [7, 11) is 0. The highest BCUT2D eigenvalue weighted by molar-refractivity contribution is 5.81. The summed E-state index contributed by atoms with van der Waals surface area (Å²) in [6, 6.07) is 21.5. The molecule has 0 fully saturated rings. The number of pyridine rings is 1. The van der Waals surface area contributed by atoms with E-state index >= 15 is 0 Å².